The first-order chi connectivity index (χ1) is 9.19. The normalized spacial score (nSPS) is 10.2. The number of hydrogen-bond donors (Lipinski definition) is 2. The summed E-state index contributed by atoms with van der Waals surface area (Å²) in [5, 5.41) is 12.0. The topological polar surface area (TPSA) is 49.3 Å². The van der Waals surface area contributed by atoms with Gasteiger partial charge in [-0.2, -0.15) is 0 Å². The first kappa shape index (κ1) is 13.8. The van der Waals surface area contributed by atoms with E-state index in [0.717, 1.165) is 10.0 Å². The van der Waals surface area contributed by atoms with E-state index in [1.165, 1.54) is 0 Å². The van der Waals surface area contributed by atoms with Gasteiger partial charge in [-0.15, -0.1) is 0 Å². The zero-order valence-electron chi connectivity index (χ0n) is 10.3. The third kappa shape index (κ3) is 3.91. The van der Waals surface area contributed by atoms with Crippen LogP contribution in [0.25, 0.3) is 0 Å². The van der Waals surface area contributed by atoms with E-state index in [2.05, 4.69) is 21.2 Å². The Kier molecular flexibility index (Phi) is 4.71. The van der Waals surface area contributed by atoms with Crippen molar-refractivity contribution in [3.8, 4) is 0 Å². The molecule has 0 saturated heterocycles. The Morgan fingerprint density at radius 1 is 1.16 bits per heavy atom. The lowest BCUT2D eigenvalue weighted by molar-refractivity contribution is -0.115. The van der Waals surface area contributed by atoms with Crippen LogP contribution in [0.2, 0.25) is 0 Å². The van der Waals surface area contributed by atoms with Crippen LogP contribution in [0.15, 0.2) is 53.0 Å². The highest BCUT2D eigenvalue weighted by Gasteiger charge is 2.07. The summed E-state index contributed by atoms with van der Waals surface area (Å²) in [4.78, 5) is 12.0. The van der Waals surface area contributed by atoms with Crippen LogP contribution in [0.3, 0.4) is 0 Å². The number of para-hydroxylation sites is 1. The number of carbonyl (C=O) groups excluding carboxylic acids is 1. The fourth-order valence-corrected chi connectivity index (χ4v) is 2.25. The molecule has 4 heteroatoms. The van der Waals surface area contributed by atoms with Crippen molar-refractivity contribution in [3.63, 3.8) is 0 Å². The highest BCUT2D eigenvalue weighted by molar-refractivity contribution is 9.10. The molecule has 0 fully saturated rings. The molecule has 2 rings (SSSR count). The van der Waals surface area contributed by atoms with Crippen LogP contribution in [0, 0.1) is 0 Å². The second-order valence-electron chi connectivity index (χ2n) is 4.17. The number of nitrogens with one attached hydrogen (secondary N) is 1. The van der Waals surface area contributed by atoms with E-state index in [1.807, 2.05) is 36.4 Å². The summed E-state index contributed by atoms with van der Waals surface area (Å²) in [6, 6.07) is 14.9. The minimum atomic E-state index is -0.0981. The molecular weight excluding hydrogens is 306 g/mol. The molecule has 0 aliphatic heterocycles. The average molecular weight is 320 g/mol. The van der Waals surface area contributed by atoms with Gasteiger partial charge in [-0.25, -0.2) is 0 Å². The minimum absolute atomic E-state index is 0.0899. The SMILES string of the molecule is O=C(Cc1cccc(Br)c1)Nc1ccccc1CO. The van der Waals surface area contributed by atoms with Crippen molar-refractivity contribution >= 4 is 27.5 Å². The highest BCUT2D eigenvalue weighted by Crippen LogP contribution is 2.16. The monoisotopic (exact) mass is 319 g/mol. The summed E-state index contributed by atoms with van der Waals surface area (Å²) in [5.41, 5.74) is 2.31. The van der Waals surface area contributed by atoms with Crippen LogP contribution < -0.4 is 5.32 Å². The van der Waals surface area contributed by atoms with Gasteiger partial charge >= 0.3 is 0 Å². The molecule has 0 unspecified atom stereocenters. The number of hydrogen-bond acceptors (Lipinski definition) is 2. The van der Waals surface area contributed by atoms with E-state index in [0.29, 0.717) is 17.7 Å². The Bertz CT molecular complexity index is 584. The predicted molar refractivity (Wildman–Crippen MR) is 78.8 cm³/mol. The summed E-state index contributed by atoms with van der Waals surface area (Å²) in [6.07, 6.45) is 0.305. The van der Waals surface area contributed by atoms with Crippen molar-refractivity contribution in [1.82, 2.24) is 0 Å². The van der Waals surface area contributed by atoms with Crippen molar-refractivity contribution < 1.29 is 9.90 Å². The average Bonchev–Trinajstić information content (AvgIpc) is 2.39. The van der Waals surface area contributed by atoms with Gasteiger partial charge in [-0.3, -0.25) is 4.79 Å². The van der Waals surface area contributed by atoms with Crippen molar-refractivity contribution in [2.24, 2.45) is 0 Å². The molecule has 0 heterocycles. The van der Waals surface area contributed by atoms with Gasteiger partial charge in [0.05, 0.1) is 13.0 Å². The van der Waals surface area contributed by atoms with Gasteiger partial charge in [0.25, 0.3) is 0 Å². The Labute approximate surface area is 120 Å². The fraction of sp³-hybridized carbons (Fsp3) is 0.133. The van der Waals surface area contributed by atoms with Gasteiger partial charge < -0.3 is 10.4 Å². The van der Waals surface area contributed by atoms with E-state index < -0.39 is 0 Å². The van der Waals surface area contributed by atoms with Crippen molar-refractivity contribution in [2.75, 3.05) is 5.32 Å². The van der Waals surface area contributed by atoms with Gasteiger partial charge in [-0.05, 0) is 23.8 Å². The lowest BCUT2D eigenvalue weighted by Crippen LogP contribution is -2.15. The highest BCUT2D eigenvalue weighted by atomic mass is 79.9. The van der Waals surface area contributed by atoms with E-state index >= 15 is 0 Å². The molecule has 19 heavy (non-hydrogen) atoms. The Hall–Kier alpha value is -1.65. The number of anilines is 1. The molecule has 0 atom stereocenters. The molecule has 2 N–H and O–H groups in total. The zero-order chi connectivity index (χ0) is 13.7. The van der Waals surface area contributed by atoms with Crippen LogP contribution in [0.5, 0.6) is 0 Å². The van der Waals surface area contributed by atoms with Crippen molar-refractivity contribution in [2.45, 2.75) is 13.0 Å². The number of aliphatic hydroxyl groups excluding tert-OH is 1. The van der Waals surface area contributed by atoms with Crippen LogP contribution in [-0.2, 0) is 17.8 Å². The zero-order valence-corrected chi connectivity index (χ0v) is 11.9. The van der Waals surface area contributed by atoms with E-state index in [4.69, 9.17) is 0 Å². The molecule has 2 aromatic carbocycles. The van der Waals surface area contributed by atoms with E-state index in [9.17, 15) is 9.90 Å². The maximum Gasteiger partial charge on any atom is 0.228 e. The van der Waals surface area contributed by atoms with E-state index in [1.54, 1.807) is 12.1 Å². The van der Waals surface area contributed by atoms with Gasteiger partial charge in [0.2, 0.25) is 5.91 Å². The number of carbonyl (C=O) groups is 1. The van der Waals surface area contributed by atoms with Crippen LogP contribution in [0.4, 0.5) is 5.69 Å². The maximum absolute atomic E-state index is 12.0. The van der Waals surface area contributed by atoms with Gasteiger partial charge in [0.15, 0.2) is 0 Å². The van der Waals surface area contributed by atoms with Crippen LogP contribution in [-0.4, -0.2) is 11.0 Å². The molecule has 2 aromatic rings. The number of halogens is 1. The standard InChI is InChI=1S/C15H14BrNO2/c16-13-6-3-4-11(8-13)9-15(19)17-14-7-2-1-5-12(14)10-18/h1-8,18H,9-10H2,(H,17,19). The Morgan fingerprint density at radius 3 is 2.68 bits per heavy atom. The van der Waals surface area contributed by atoms with E-state index in [-0.39, 0.29) is 12.5 Å². The van der Waals surface area contributed by atoms with Crippen LogP contribution >= 0.6 is 15.9 Å². The van der Waals surface area contributed by atoms with Crippen molar-refractivity contribution in [3.05, 3.63) is 64.1 Å². The molecule has 0 saturated carbocycles. The summed E-state index contributed by atoms with van der Waals surface area (Å²) >= 11 is 3.38. The number of amides is 1. The number of aliphatic hydroxyl groups is 1. The molecule has 98 valence electrons. The third-order valence-corrected chi connectivity index (χ3v) is 3.21. The maximum atomic E-state index is 12.0. The smallest absolute Gasteiger partial charge is 0.228 e. The first-order valence-corrected chi connectivity index (χ1v) is 6.71. The molecule has 1 amide bonds. The molecule has 0 radical (unpaired) electrons. The molecule has 0 aliphatic rings. The lowest BCUT2D eigenvalue weighted by atomic mass is 10.1. The number of benzene rings is 2. The molecule has 0 spiro atoms. The minimum Gasteiger partial charge on any atom is -0.392 e. The van der Waals surface area contributed by atoms with Gasteiger partial charge in [0.1, 0.15) is 0 Å². The van der Waals surface area contributed by atoms with Gasteiger partial charge in [0, 0.05) is 15.7 Å². The molecule has 0 aliphatic carbocycles. The van der Waals surface area contributed by atoms with Gasteiger partial charge in [-0.1, -0.05) is 46.3 Å². The van der Waals surface area contributed by atoms with Crippen molar-refractivity contribution in [1.29, 1.82) is 0 Å². The summed E-state index contributed by atoms with van der Waals surface area (Å²) < 4.78 is 0.952. The molecule has 3 nitrogen and oxygen atoms in total. The Morgan fingerprint density at radius 2 is 1.95 bits per heavy atom. The summed E-state index contributed by atoms with van der Waals surface area (Å²) in [7, 11) is 0. The summed E-state index contributed by atoms with van der Waals surface area (Å²) in [6.45, 7) is -0.0899. The third-order valence-electron chi connectivity index (χ3n) is 2.72. The lowest BCUT2D eigenvalue weighted by Gasteiger charge is -2.09. The largest absolute Gasteiger partial charge is 0.392 e. The molecule has 0 aromatic heterocycles. The summed E-state index contributed by atoms with van der Waals surface area (Å²) in [5.74, 6) is -0.0981. The number of rotatable bonds is 4. The second kappa shape index (κ2) is 6.50. The van der Waals surface area contributed by atoms with Crippen LogP contribution in [0.1, 0.15) is 11.1 Å². The predicted octanol–water partition coefficient (Wildman–Crippen LogP) is 3.12. The second-order valence-corrected chi connectivity index (χ2v) is 5.09. The first-order valence-electron chi connectivity index (χ1n) is 5.92. The molecular formula is C15H14BrNO2. The molecule has 0 bridgehead atoms. The Balaban J connectivity index is 2.05. The quantitative estimate of drug-likeness (QED) is 0.909. The fourth-order valence-electron chi connectivity index (χ4n) is 1.81.